The van der Waals surface area contributed by atoms with Gasteiger partial charge >= 0.3 is 0 Å². The highest BCUT2D eigenvalue weighted by Crippen LogP contribution is 2.18. The van der Waals surface area contributed by atoms with Gasteiger partial charge in [0.05, 0.1) is 10.5 Å². The molecule has 0 saturated heterocycles. The molecule has 0 unspecified atom stereocenters. The Morgan fingerprint density at radius 1 is 1.43 bits per heavy atom. The monoisotopic (exact) mass is 295 g/mol. The van der Waals surface area contributed by atoms with Crippen molar-refractivity contribution in [3.8, 4) is 0 Å². The lowest BCUT2D eigenvalue weighted by molar-refractivity contribution is -0.385. The fourth-order valence-electron chi connectivity index (χ4n) is 1.65. The quantitative estimate of drug-likeness (QED) is 0.360. The van der Waals surface area contributed by atoms with Crippen LogP contribution < -0.4 is 16.4 Å². The van der Waals surface area contributed by atoms with Gasteiger partial charge in [0.2, 0.25) is 5.91 Å². The summed E-state index contributed by atoms with van der Waals surface area (Å²) in [5.74, 6) is -0.591. The van der Waals surface area contributed by atoms with Crippen molar-refractivity contribution in [2.75, 3.05) is 18.9 Å². The van der Waals surface area contributed by atoms with Gasteiger partial charge in [0.15, 0.2) is 0 Å². The lowest BCUT2D eigenvalue weighted by atomic mass is 10.2. The van der Waals surface area contributed by atoms with Crippen LogP contribution in [0.25, 0.3) is 0 Å². The number of anilines is 1. The number of nitrogens with two attached hydrogens (primary N) is 1. The van der Waals surface area contributed by atoms with Crippen LogP contribution in [0.15, 0.2) is 12.3 Å². The van der Waals surface area contributed by atoms with Crippen LogP contribution in [-0.2, 0) is 4.79 Å². The summed E-state index contributed by atoms with van der Waals surface area (Å²) in [6.45, 7) is 0.345. The van der Waals surface area contributed by atoms with Gasteiger partial charge in [-0.2, -0.15) is 0 Å². The molecule has 21 heavy (non-hydrogen) atoms. The van der Waals surface area contributed by atoms with Crippen molar-refractivity contribution in [1.29, 1.82) is 0 Å². The van der Waals surface area contributed by atoms with Gasteiger partial charge in [0.1, 0.15) is 12.0 Å². The molecule has 0 aromatic carbocycles. The smallest absolute Gasteiger partial charge is 0.288 e. The van der Waals surface area contributed by atoms with Gasteiger partial charge in [-0.3, -0.25) is 19.7 Å². The topological polar surface area (TPSA) is 140 Å². The van der Waals surface area contributed by atoms with Crippen LogP contribution in [0, 0.1) is 10.1 Å². The van der Waals surface area contributed by atoms with E-state index in [1.54, 1.807) is 7.05 Å². The molecule has 1 aromatic rings. The number of rotatable bonds is 8. The number of nitro groups is 1. The highest BCUT2D eigenvalue weighted by molar-refractivity contribution is 5.99. The maximum atomic E-state index is 12.0. The Hall–Kier alpha value is -2.71. The number of carbonyl (C=O) groups is 2. The molecule has 0 saturated carbocycles. The van der Waals surface area contributed by atoms with Gasteiger partial charge < -0.3 is 16.4 Å². The molecule has 9 nitrogen and oxygen atoms in total. The molecule has 1 aromatic heterocycles. The maximum absolute atomic E-state index is 12.0. The van der Waals surface area contributed by atoms with Crippen LogP contribution in [0.3, 0.4) is 0 Å². The highest BCUT2D eigenvalue weighted by atomic mass is 16.6. The minimum absolute atomic E-state index is 0.0987. The van der Waals surface area contributed by atoms with Gasteiger partial charge in [0.25, 0.3) is 11.6 Å². The molecular weight excluding hydrogens is 278 g/mol. The molecule has 0 radical (unpaired) electrons. The third-order valence-electron chi connectivity index (χ3n) is 2.70. The number of pyridine rings is 1. The molecule has 9 heteroatoms. The first-order valence-corrected chi connectivity index (χ1v) is 6.34. The lowest BCUT2D eigenvalue weighted by Gasteiger charge is -2.08. The van der Waals surface area contributed by atoms with Crippen LogP contribution in [0.1, 0.15) is 29.6 Å². The second-order valence-electron chi connectivity index (χ2n) is 4.28. The number of hydrogen-bond acceptors (Lipinski definition) is 6. The van der Waals surface area contributed by atoms with E-state index in [0.29, 0.717) is 19.4 Å². The highest BCUT2D eigenvalue weighted by Gasteiger charge is 2.17. The average Bonchev–Trinajstić information content (AvgIpc) is 2.45. The Kier molecular flexibility index (Phi) is 6.05. The van der Waals surface area contributed by atoms with Crippen molar-refractivity contribution >= 4 is 23.3 Å². The van der Waals surface area contributed by atoms with Crippen LogP contribution in [0.2, 0.25) is 0 Å². The van der Waals surface area contributed by atoms with Gasteiger partial charge in [-0.1, -0.05) is 0 Å². The zero-order valence-electron chi connectivity index (χ0n) is 11.6. The van der Waals surface area contributed by atoms with Crippen molar-refractivity contribution < 1.29 is 14.5 Å². The standard InChI is InChI=1S/C12H17N5O4/c1-14-11-9(6-8(7-16-11)17(20)21)12(19)15-5-3-2-4-10(13)18/h6-7H,2-5H2,1H3,(H2,13,18)(H,14,16)(H,15,19). The third kappa shape index (κ3) is 5.05. The molecule has 0 aliphatic rings. The van der Waals surface area contributed by atoms with E-state index in [1.807, 2.05) is 0 Å². The van der Waals surface area contributed by atoms with Crippen LogP contribution in [0.4, 0.5) is 11.5 Å². The van der Waals surface area contributed by atoms with Crippen LogP contribution in [0.5, 0.6) is 0 Å². The third-order valence-corrected chi connectivity index (χ3v) is 2.70. The predicted octanol–water partition coefficient (Wildman–Crippen LogP) is 0.417. The van der Waals surface area contributed by atoms with E-state index in [1.165, 1.54) is 0 Å². The molecule has 0 atom stereocenters. The molecule has 1 heterocycles. The van der Waals surface area contributed by atoms with E-state index >= 15 is 0 Å². The minimum atomic E-state index is -0.615. The second-order valence-corrected chi connectivity index (χ2v) is 4.28. The Labute approximate surface area is 121 Å². The van der Waals surface area contributed by atoms with E-state index in [2.05, 4.69) is 15.6 Å². The summed E-state index contributed by atoms with van der Waals surface area (Å²) in [6.07, 6.45) is 2.50. The van der Waals surface area contributed by atoms with Gasteiger partial charge in [-0.05, 0) is 12.8 Å². The molecule has 0 aliphatic carbocycles. The van der Waals surface area contributed by atoms with Crippen molar-refractivity contribution in [3.05, 3.63) is 27.9 Å². The van der Waals surface area contributed by atoms with E-state index in [0.717, 1.165) is 12.3 Å². The summed E-state index contributed by atoms with van der Waals surface area (Å²) in [4.78, 5) is 36.5. The average molecular weight is 295 g/mol. The Bertz CT molecular complexity index is 546. The first-order chi connectivity index (χ1) is 9.95. The number of unbranched alkanes of at least 4 members (excludes halogenated alkanes) is 1. The van der Waals surface area contributed by atoms with Crippen LogP contribution in [-0.4, -0.2) is 35.3 Å². The number of hydrogen-bond donors (Lipinski definition) is 3. The molecule has 4 N–H and O–H groups in total. The molecular formula is C12H17N5O4. The lowest BCUT2D eigenvalue weighted by Crippen LogP contribution is -2.26. The molecule has 0 fully saturated rings. The summed E-state index contributed by atoms with van der Waals surface area (Å²) in [5, 5.41) is 16.0. The first-order valence-electron chi connectivity index (χ1n) is 6.34. The van der Waals surface area contributed by atoms with E-state index in [-0.39, 0.29) is 29.4 Å². The predicted molar refractivity (Wildman–Crippen MR) is 75.8 cm³/mol. The minimum Gasteiger partial charge on any atom is -0.372 e. The maximum Gasteiger partial charge on any atom is 0.288 e. The number of aromatic nitrogens is 1. The molecule has 114 valence electrons. The van der Waals surface area contributed by atoms with E-state index < -0.39 is 10.8 Å². The van der Waals surface area contributed by atoms with Gasteiger partial charge in [-0.25, -0.2) is 4.98 Å². The second kappa shape index (κ2) is 7.78. The number of amides is 2. The SMILES string of the molecule is CNc1ncc([N+](=O)[O-])cc1C(=O)NCCCCC(N)=O. The molecule has 0 aliphatic heterocycles. The first kappa shape index (κ1) is 16.3. The summed E-state index contributed by atoms with van der Waals surface area (Å²) < 4.78 is 0. The zero-order valence-corrected chi connectivity index (χ0v) is 11.6. The van der Waals surface area contributed by atoms with Gasteiger partial charge in [-0.15, -0.1) is 0 Å². The largest absolute Gasteiger partial charge is 0.372 e. The molecule has 0 spiro atoms. The summed E-state index contributed by atoms with van der Waals surface area (Å²) in [6, 6.07) is 1.16. The number of primary amides is 1. The fourth-order valence-corrected chi connectivity index (χ4v) is 1.65. The molecule has 2 amide bonds. The summed E-state index contributed by atoms with van der Waals surface area (Å²) >= 11 is 0. The van der Waals surface area contributed by atoms with Crippen molar-refractivity contribution in [2.45, 2.75) is 19.3 Å². The van der Waals surface area contributed by atoms with Crippen molar-refractivity contribution in [1.82, 2.24) is 10.3 Å². The Morgan fingerprint density at radius 3 is 2.71 bits per heavy atom. The summed E-state index contributed by atoms with van der Waals surface area (Å²) in [7, 11) is 1.57. The number of carbonyl (C=O) groups excluding carboxylic acids is 2. The van der Waals surface area contributed by atoms with Crippen molar-refractivity contribution in [3.63, 3.8) is 0 Å². The Balaban J connectivity index is 2.65. The van der Waals surface area contributed by atoms with Crippen molar-refractivity contribution in [2.24, 2.45) is 5.73 Å². The van der Waals surface area contributed by atoms with Crippen LogP contribution >= 0.6 is 0 Å². The zero-order chi connectivity index (χ0) is 15.8. The normalized spacial score (nSPS) is 9.95. The van der Waals surface area contributed by atoms with E-state index in [9.17, 15) is 19.7 Å². The Morgan fingerprint density at radius 2 is 2.14 bits per heavy atom. The molecule has 0 bridgehead atoms. The van der Waals surface area contributed by atoms with E-state index in [4.69, 9.17) is 5.73 Å². The number of nitrogens with zero attached hydrogens (tertiary/aromatic N) is 2. The molecule has 1 rings (SSSR count). The van der Waals surface area contributed by atoms with Gasteiger partial charge in [0, 0.05) is 26.1 Å². The number of nitrogens with one attached hydrogen (secondary N) is 2. The summed E-state index contributed by atoms with van der Waals surface area (Å²) in [5.41, 5.74) is 4.84. The fraction of sp³-hybridized carbons (Fsp3) is 0.417.